The van der Waals surface area contributed by atoms with E-state index >= 15 is 0 Å². The van der Waals surface area contributed by atoms with Crippen LogP contribution in [0.4, 0.5) is 0 Å². The number of benzene rings is 1. The van der Waals surface area contributed by atoms with Gasteiger partial charge >= 0.3 is 0 Å². The van der Waals surface area contributed by atoms with Gasteiger partial charge in [-0.05, 0) is 6.42 Å². The minimum Gasteiger partial charge on any atom is -0.395 e. The predicted molar refractivity (Wildman–Crippen MR) is 67.2 cm³/mol. The van der Waals surface area contributed by atoms with E-state index in [0.29, 0.717) is 6.54 Å². The highest BCUT2D eigenvalue weighted by Gasteiger charge is 2.16. The second kappa shape index (κ2) is 8.28. The molecule has 3 nitrogen and oxygen atoms in total. The third kappa shape index (κ3) is 4.31. The van der Waals surface area contributed by atoms with Gasteiger partial charge in [-0.2, -0.15) is 0 Å². The number of aliphatic hydroxyl groups is 1. The van der Waals surface area contributed by atoms with Crippen LogP contribution in [0.2, 0.25) is 0 Å². The summed E-state index contributed by atoms with van der Waals surface area (Å²) < 4.78 is 0. The van der Waals surface area contributed by atoms with E-state index in [1.165, 1.54) is 0 Å². The fourth-order valence-electron chi connectivity index (χ4n) is 1.46. The summed E-state index contributed by atoms with van der Waals surface area (Å²) in [5, 5.41) is 11.7. The van der Waals surface area contributed by atoms with Gasteiger partial charge in [0.2, 0.25) is 0 Å². The maximum absolute atomic E-state index is 11.9. The molecule has 0 aliphatic heterocycles. The molecule has 1 rings (SSSR count). The molecule has 1 unspecified atom stereocenters. The highest BCUT2D eigenvalue weighted by molar-refractivity contribution is 6.00. The monoisotopic (exact) mass is 243 g/mol. The van der Waals surface area contributed by atoms with Crippen LogP contribution in [0, 0.1) is 0 Å². The van der Waals surface area contributed by atoms with E-state index in [1.54, 1.807) is 0 Å². The molecule has 1 aromatic carbocycles. The zero-order chi connectivity index (χ0) is 11.1. The predicted octanol–water partition coefficient (Wildman–Crippen LogP) is 1.65. The van der Waals surface area contributed by atoms with Gasteiger partial charge in [-0.25, -0.2) is 0 Å². The number of nitrogens with one attached hydrogen (secondary N) is 1. The van der Waals surface area contributed by atoms with Crippen LogP contribution < -0.4 is 5.32 Å². The summed E-state index contributed by atoms with van der Waals surface area (Å²) in [7, 11) is 0. The largest absolute Gasteiger partial charge is 0.395 e. The zero-order valence-corrected chi connectivity index (χ0v) is 10.2. The first-order valence-electron chi connectivity index (χ1n) is 5.23. The first-order chi connectivity index (χ1) is 7.29. The third-order valence-electron chi connectivity index (χ3n) is 2.29. The van der Waals surface area contributed by atoms with Gasteiger partial charge in [-0.1, -0.05) is 37.3 Å². The van der Waals surface area contributed by atoms with Crippen LogP contribution in [0.3, 0.4) is 0 Å². The van der Waals surface area contributed by atoms with E-state index in [4.69, 9.17) is 5.11 Å². The van der Waals surface area contributed by atoms with Gasteiger partial charge in [0.1, 0.15) is 0 Å². The summed E-state index contributed by atoms with van der Waals surface area (Å²) in [6.45, 7) is 2.46. The Bertz CT molecular complexity index is 303. The normalized spacial score (nSPS) is 11.6. The van der Waals surface area contributed by atoms with Crippen LogP contribution in [0.15, 0.2) is 30.3 Å². The molecule has 0 aromatic heterocycles. The number of Topliss-reactive ketones (excluding diaryl/α,β-unsaturated/α-hetero) is 1. The number of rotatable bonds is 6. The van der Waals surface area contributed by atoms with Crippen molar-refractivity contribution in [1.29, 1.82) is 0 Å². The first-order valence-corrected chi connectivity index (χ1v) is 5.23. The number of halogens is 1. The van der Waals surface area contributed by atoms with Crippen molar-refractivity contribution in [2.24, 2.45) is 0 Å². The Morgan fingerprint density at radius 3 is 2.50 bits per heavy atom. The molecule has 0 spiro atoms. The van der Waals surface area contributed by atoms with Crippen LogP contribution in [0.5, 0.6) is 0 Å². The molecule has 2 N–H and O–H groups in total. The molecule has 1 aromatic rings. The molecule has 1 atom stereocenters. The number of ketones is 1. The Balaban J connectivity index is 0.00000225. The number of carbonyl (C=O) groups is 1. The Labute approximate surface area is 102 Å². The van der Waals surface area contributed by atoms with Crippen molar-refractivity contribution in [1.82, 2.24) is 5.32 Å². The van der Waals surface area contributed by atoms with Gasteiger partial charge in [-0.3, -0.25) is 4.79 Å². The van der Waals surface area contributed by atoms with Crippen LogP contribution >= 0.6 is 12.4 Å². The van der Waals surface area contributed by atoms with Gasteiger partial charge in [0, 0.05) is 12.1 Å². The molecule has 0 heterocycles. The van der Waals surface area contributed by atoms with Crippen molar-refractivity contribution in [3.63, 3.8) is 0 Å². The van der Waals surface area contributed by atoms with Crippen molar-refractivity contribution in [3.05, 3.63) is 35.9 Å². The fraction of sp³-hybridized carbons (Fsp3) is 0.417. The topological polar surface area (TPSA) is 49.3 Å². The van der Waals surface area contributed by atoms with Crippen molar-refractivity contribution in [3.8, 4) is 0 Å². The summed E-state index contributed by atoms with van der Waals surface area (Å²) >= 11 is 0. The van der Waals surface area contributed by atoms with E-state index in [0.717, 1.165) is 12.0 Å². The molecule has 4 heteroatoms. The third-order valence-corrected chi connectivity index (χ3v) is 2.29. The quantitative estimate of drug-likeness (QED) is 0.747. The first kappa shape index (κ1) is 15.1. The highest BCUT2D eigenvalue weighted by Crippen LogP contribution is 2.05. The maximum Gasteiger partial charge on any atom is 0.179 e. The van der Waals surface area contributed by atoms with Crippen molar-refractivity contribution in [2.75, 3.05) is 13.2 Å². The summed E-state index contributed by atoms with van der Waals surface area (Å²) in [5.41, 5.74) is 0.717. The molecule has 0 aliphatic rings. The molecular formula is C12H18ClNO2. The van der Waals surface area contributed by atoms with E-state index in [-0.39, 0.29) is 30.8 Å². The Morgan fingerprint density at radius 1 is 1.38 bits per heavy atom. The average Bonchev–Trinajstić information content (AvgIpc) is 2.31. The van der Waals surface area contributed by atoms with Crippen LogP contribution in [-0.2, 0) is 0 Å². The lowest BCUT2D eigenvalue weighted by Gasteiger charge is -2.14. The molecule has 0 aliphatic carbocycles. The molecule has 0 fully saturated rings. The van der Waals surface area contributed by atoms with Gasteiger partial charge in [-0.15, -0.1) is 12.4 Å². The Morgan fingerprint density at radius 2 is 2.00 bits per heavy atom. The van der Waals surface area contributed by atoms with Gasteiger partial charge in [0.05, 0.1) is 12.6 Å². The smallest absolute Gasteiger partial charge is 0.179 e. The lowest BCUT2D eigenvalue weighted by Crippen LogP contribution is -2.37. The molecule has 16 heavy (non-hydrogen) atoms. The van der Waals surface area contributed by atoms with Gasteiger partial charge in [0.25, 0.3) is 0 Å². The zero-order valence-electron chi connectivity index (χ0n) is 9.35. The van der Waals surface area contributed by atoms with Gasteiger partial charge in [0.15, 0.2) is 5.78 Å². The summed E-state index contributed by atoms with van der Waals surface area (Å²) in [6, 6.07) is 9.02. The van der Waals surface area contributed by atoms with Crippen LogP contribution in [-0.4, -0.2) is 30.1 Å². The minimum atomic E-state index is -0.195. The van der Waals surface area contributed by atoms with Crippen LogP contribution in [0.25, 0.3) is 0 Å². The second-order valence-corrected chi connectivity index (χ2v) is 3.37. The Kier molecular flexibility index (Phi) is 7.81. The summed E-state index contributed by atoms with van der Waals surface area (Å²) in [6.07, 6.45) is 0.730. The fourth-order valence-corrected chi connectivity index (χ4v) is 1.46. The summed E-state index contributed by atoms with van der Waals surface area (Å²) in [5.74, 6) is 0.0894. The molecule has 0 amide bonds. The molecule has 0 bridgehead atoms. The number of carbonyl (C=O) groups excluding carboxylic acids is 1. The molecule has 0 radical (unpaired) electrons. The standard InChI is InChI=1S/C12H17NO2.ClH/c1-2-11(13-8-9-14)12(15)10-6-4-3-5-7-10;/h3-7,11,13-14H,2,8-9H2,1H3;1H. The van der Waals surface area contributed by atoms with Gasteiger partial charge < -0.3 is 10.4 Å². The minimum absolute atomic E-state index is 0. The maximum atomic E-state index is 11.9. The van der Waals surface area contributed by atoms with Crippen molar-refractivity contribution in [2.45, 2.75) is 19.4 Å². The van der Waals surface area contributed by atoms with E-state index in [2.05, 4.69) is 5.32 Å². The summed E-state index contributed by atoms with van der Waals surface area (Å²) in [4.78, 5) is 11.9. The molecular weight excluding hydrogens is 226 g/mol. The number of hydrogen-bond donors (Lipinski definition) is 2. The lowest BCUT2D eigenvalue weighted by molar-refractivity contribution is 0.0937. The molecule has 0 saturated carbocycles. The highest BCUT2D eigenvalue weighted by atomic mass is 35.5. The average molecular weight is 244 g/mol. The van der Waals surface area contributed by atoms with Crippen LogP contribution in [0.1, 0.15) is 23.7 Å². The van der Waals surface area contributed by atoms with E-state index < -0.39 is 0 Å². The lowest BCUT2D eigenvalue weighted by atomic mass is 10.0. The van der Waals surface area contributed by atoms with Crippen molar-refractivity contribution >= 4 is 18.2 Å². The SMILES string of the molecule is CCC(NCCO)C(=O)c1ccccc1.Cl. The van der Waals surface area contributed by atoms with E-state index in [1.807, 2.05) is 37.3 Å². The van der Waals surface area contributed by atoms with E-state index in [9.17, 15) is 4.79 Å². The molecule has 90 valence electrons. The van der Waals surface area contributed by atoms with Crippen molar-refractivity contribution < 1.29 is 9.90 Å². The molecule has 0 saturated heterocycles. The number of hydrogen-bond acceptors (Lipinski definition) is 3. The second-order valence-electron chi connectivity index (χ2n) is 3.37. The Hall–Kier alpha value is -0.900. The number of aliphatic hydroxyl groups excluding tert-OH is 1.